The number of nitrogens with zero attached hydrogens (tertiary/aromatic N) is 3. The molecule has 0 radical (unpaired) electrons. The number of piperidine rings is 1. The maximum Gasteiger partial charge on any atom is 0.391 e. The fourth-order valence-electron chi connectivity index (χ4n) is 4.46. The minimum Gasteiger partial charge on any atom is -0.378 e. The Bertz CT molecular complexity index is 829. The third-order valence-electron chi connectivity index (χ3n) is 6.26. The Labute approximate surface area is 164 Å². The van der Waals surface area contributed by atoms with E-state index < -0.39 is 34.7 Å². The lowest BCUT2D eigenvalue weighted by molar-refractivity contribution is -0.384. The summed E-state index contributed by atoms with van der Waals surface area (Å²) in [5, 5.41) is 14.0. The quantitative estimate of drug-likeness (QED) is 0.580. The highest BCUT2D eigenvalue weighted by Crippen LogP contribution is 2.47. The number of carbonyl (C=O) groups is 1. The molecular weight excluding hydrogens is 391 g/mol. The molecule has 1 aliphatic heterocycles. The first-order valence-corrected chi connectivity index (χ1v) is 9.71. The molecule has 3 fully saturated rings. The van der Waals surface area contributed by atoms with Crippen molar-refractivity contribution >= 4 is 23.2 Å². The average Bonchev–Trinajstić information content (AvgIpc) is 3.26. The summed E-state index contributed by atoms with van der Waals surface area (Å²) in [5.41, 5.74) is 5.32. The van der Waals surface area contributed by atoms with Crippen LogP contribution in [0.25, 0.3) is 0 Å². The van der Waals surface area contributed by atoms with Crippen LogP contribution in [0.2, 0.25) is 0 Å². The number of hydrogen-bond donors (Lipinski definition) is 2. The first-order chi connectivity index (χ1) is 13.6. The number of aromatic nitrogens is 1. The molecule has 0 bridgehead atoms. The van der Waals surface area contributed by atoms with Crippen LogP contribution in [0.1, 0.15) is 42.5 Å². The Hall–Kier alpha value is -2.59. The van der Waals surface area contributed by atoms with Gasteiger partial charge in [0.05, 0.1) is 16.4 Å². The number of pyridine rings is 1. The second-order valence-electron chi connectivity index (χ2n) is 8.25. The summed E-state index contributed by atoms with van der Waals surface area (Å²) in [6, 6.07) is 0.718. The van der Waals surface area contributed by atoms with E-state index >= 15 is 0 Å². The second-order valence-corrected chi connectivity index (χ2v) is 8.25. The molecule has 11 heteroatoms. The summed E-state index contributed by atoms with van der Waals surface area (Å²) in [6.45, 7) is 1.43. The monoisotopic (exact) mass is 413 g/mol. The van der Waals surface area contributed by atoms with E-state index in [9.17, 15) is 28.1 Å². The van der Waals surface area contributed by atoms with Crippen LogP contribution in [0, 0.1) is 27.9 Å². The molecule has 29 heavy (non-hydrogen) atoms. The maximum absolute atomic E-state index is 12.9. The standard InChI is InChI=1S/C18H22F3N5O3/c19-18(20,21)11-1-3-12(4-2-11)23-17(27)13-6-14(26(28)29)15(22)24-16(13)25-7-9-5-10(9)8-25/h6,9-12H,1-5,7-8H2,(H2,22,24)(H,23,27). The largest absolute Gasteiger partial charge is 0.391 e. The number of nitrogens with two attached hydrogens (primary N) is 1. The Kier molecular flexibility index (Phi) is 4.78. The van der Waals surface area contributed by atoms with Crippen molar-refractivity contribution in [2.45, 2.75) is 44.3 Å². The lowest BCUT2D eigenvalue weighted by Gasteiger charge is -2.30. The summed E-state index contributed by atoms with van der Waals surface area (Å²) in [6.07, 6.45) is -2.76. The van der Waals surface area contributed by atoms with Crippen molar-refractivity contribution in [1.29, 1.82) is 0 Å². The van der Waals surface area contributed by atoms with Crippen LogP contribution in [0.15, 0.2) is 6.07 Å². The third-order valence-corrected chi connectivity index (χ3v) is 6.26. The van der Waals surface area contributed by atoms with Crippen LogP contribution in [0.4, 0.5) is 30.5 Å². The SMILES string of the molecule is Nc1nc(N2CC3CC3C2)c(C(=O)NC2CCC(C(F)(F)F)CC2)cc1[N+](=O)[O-]. The second kappa shape index (κ2) is 7.03. The molecule has 0 aromatic carbocycles. The molecule has 1 amide bonds. The highest BCUT2D eigenvalue weighted by molar-refractivity contribution is 6.00. The molecule has 8 nitrogen and oxygen atoms in total. The number of anilines is 2. The minimum atomic E-state index is -4.22. The van der Waals surface area contributed by atoms with Crippen molar-refractivity contribution in [3.63, 3.8) is 0 Å². The zero-order valence-electron chi connectivity index (χ0n) is 15.6. The average molecular weight is 413 g/mol. The summed E-state index contributed by atoms with van der Waals surface area (Å²) in [7, 11) is 0. The van der Waals surface area contributed by atoms with E-state index in [4.69, 9.17) is 5.73 Å². The van der Waals surface area contributed by atoms with Gasteiger partial charge in [-0.1, -0.05) is 0 Å². The van der Waals surface area contributed by atoms with Crippen molar-refractivity contribution < 1.29 is 22.9 Å². The number of hydrogen-bond acceptors (Lipinski definition) is 6. The van der Waals surface area contributed by atoms with Gasteiger partial charge in [0.25, 0.3) is 5.91 Å². The van der Waals surface area contributed by atoms with Crippen LogP contribution in [-0.2, 0) is 0 Å². The van der Waals surface area contributed by atoms with Gasteiger partial charge in [-0.25, -0.2) is 4.98 Å². The first kappa shape index (κ1) is 19.7. The Morgan fingerprint density at radius 2 is 1.86 bits per heavy atom. The van der Waals surface area contributed by atoms with Gasteiger partial charge >= 0.3 is 11.9 Å². The van der Waals surface area contributed by atoms with Gasteiger partial charge in [0.15, 0.2) is 0 Å². The molecule has 158 valence electrons. The minimum absolute atomic E-state index is 0.0447. The van der Waals surface area contributed by atoms with E-state index in [1.807, 2.05) is 4.90 Å². The molecule has 2 saturated carbocycles. The first-order valence-electron chi connectivity index (χ1n) is 9.71. The van der Waals surface area contributed by atoms with Crippen molar-refractivity contribution in [3.05, 3.63) is 21.7 Å². The molecule has 3 aliphatic rings. The Balaban J connectivity index is 1.52. The van der Waals surface area contributed by atoms with Crippen LogP contribution >= 0.6 is 0 Å². The predicted octanol–water partition coefficient (Wildman–Crippen LogP) is 2.88. The molecule has 1 aromatic heterocycles. The van der Waals surface area contributed by atoms with Crippen LogP contribution in [0.3, 0.4) is 0 Å². The molecule has 2 aliphatic carbocycles. The lowest BCUT2D eigenvalue weighted by Crippen LogP contribution is -2.40. The van der Waals surface area contributed by atoms with Gasteiger partial charge in [0.1, 0.15) is 5.82 Å². The van der Waals surface area contributed by atoms with Gasteiger partial charge in [-0.15, -0.1) is 0 Å². The number of carbonyl (C=O) groups excluding carboxylic acids is 1. The number of amides is 1. The number of alkyl halides is 3. The van der Waals surface area contributed by atoms with E-state index in [-0.39, 0.29) is 37.1 Å². The number of halogens is 3. The van der Waals surface area contributed by atoms with Crippen molar-refractivity contribution in [2.75, 3.05) is 23.7 Å². The van der Waals surface area contributed by atoms with Crippen LogP contribution in [-0.4, -0.2) is 41.1 Å². The van der Waals surface area contributed by atoms with E-state index in [1.54, 1.807) is 0 Å². The van der Waals surface area contributed by atoms with Crippen molar-refractivity contribution in [1.82, 2.24) is 10.3 Å². The third kappa shape index (κ3) is 3.95. The Morgan fingerprint density at radius 1 is 1.24 bits per heavy atom. The zero-order valence-corrected chi connectivity index (χ0v) is 15.6. The van der Waals surface area contributed by atoms with Gasteiger partial charge < -0.3 is 16.0 Å². The fourth-order valence-corrected chi connectivity index (χ4v) is 4.46. The van der Waals surface area contributed by atoms with E-state index in [2.05, 4.69) is 10.3 Å². The normalized spacial score (nSPS) is 28.7. The highest BCUT2D eigenvalue weighted by Gasteiger charge is 2.46. The van der Waals surface area contributed by atoms with E-state index in [0.29, 0.717) is 30.7 Å². The molecule has 2 heterocycles. The molecule has 1 aromatic rings. The van der Waals surface area contributed by atoms with E-state index in [0.717, 1.165) is 12.5 Å². The zero-order chi connectivity index (χ0) is 20.9. The Morgan fingerprint density at radius 3 is 2.41 bits per heavy atom. The maximum atomic E-state index is 12.9. The highest BCUT2D eigenvalue weighted by atomic mass is 19.4. The van der Waals surface area contributed by atoms with Crippen LogP contribution in [0.5, 0.6) is 0 Å². The fraction of sp³-hybridized carbons (Fsp3) is 0.667. The molecular formula is C18H22F3N5O3. The molecule has 2 unspecified atom stereocenters. The van der Waals surface area contributed by atoms with Gasteiger partial charge in [0.2, 0.25) is 5.82 Å². The number of nitrogens with one attached hydrogen (secondary N) is 1. The van der Waals surface area contributed by atoms with Gasteiger partial charge in [-0.3, -0.25) is 14.9 Å². The summed E-state index contributed by atoms with van der Waals surface area (Å²) in [4.78, 5) is 29.5. The number of nitro groups is 1. The van der Waals surface area contributed by atoms with Gasteiger partial charge in [0, 0.05) is 25.2 Å². The summed E-state index contributed by atoms with van der Waals surface area (Å²) >= 11 is 0. The predicted molar refractivity (Wildman–Crippen MR) is 98.4 cm³/mol. The molecule has 4 rings (SSSR count). The molecule has 3 N–H and O–H groups in total. The number of rotatable bonds is 4. The number of nitrogen functional groups attached to an aromatic ring is 1. The van der Waals surface area contributed by atoms with E-state index in [1.165, 1.54) is 0 Å². The lowest BCUT2D eigenvalue weighted by atomic mass is 9.85. The topological polar surface area (TPSA) is 114 Å². The van der Waals surface area contributed by atoms with Crippen LogP contribution < -0.4 is 16.0 Å². The smallest absolute Gasteiger partial charge is 0.378 e. The number of fused-ring (bicyclic) bond motifs is 1. The van der Waals surface area contributed by atoms with Crippen molar-refractivity contribution in [2.24, 2.45) is 17.8 Å². The summed E-state index contributed by atoms with van der Waals surface area (Å²) in [5.74, 6) is -0.772. The summed E-state index contributed by atoms with van der Waals surface area (Å²) < 4.78 is 38.5. The molecule has 0 spiro atoms. The van der Waals surface area contributed by atoms with Gasteiger partial charge in [-0.05, 0) is 43.9 Å². The van der Waals surface area contributed by atoms with Crippen molar-refractivity contribution in [3.8, 4) is 0 Å². The molecule has 2 atom stereocenters. The van der Waals surface area contributed by atoms with Gasteiger partial charge in [-0.2, -0.15) is 13.2 Å². The molecule has 1 saturated heterocycles.